The fourth-order valence-corrected chi connectivity index (χ4v) is 5.05. The monoisotopic (exact) mass is 601 g/mol. The number of rotatable bonds is 7. The van der Waals surface area contributed by atoms with Gasteiger partial charge in [0.25, 0.3) is 11.8 Å². The number of pyridine rings is 1. The topological polar surface area (TPSA) is 139 Å². The third kappa shape index (κ3) is 8.27. The molecule has 0 aliphatic carbocycles. The number of hydrogen-bond donors (Lipinski definition) is 4. The summed E-state index contributed by atoms with van der Waals surface area (Å²) in [7, 11) is 0. The largest absolute Gasteiger partial charge is 0.493 e. The summed E-state index contributed by atoms with van der Waals surface area (Å²) in [6, 6.07) is 10.3. The van der Waals surface area contributed by atoms with Crippen molar-refractivity contribution in [3.8, 4) is 17.2 Å². The molecule has 0 fully saturated rings. The maximum atomic E-state index is 14.6. The van der Waals surface area contributed by atoms with Gasteiger partial charge in [-0.3, -0.25) is 14.6 Å². The first-order valence-corrected chi connectivity index (χ1v) is 14.8. The molecular weight excluding hydrogens is 565 g/mol. The standard InChI is InChI=1S/C33H36FN5O5/c1-2-21-9-23(18-35-17-21)19-36-20-30(40)29-12-22-10-27(34)16-28(11-22)43-7-4-3-5-37-31(41)24-13-25(32(42)39-29)15-26(14-24)33-38-6-8-44-33/h6,8-11,13-18,29-30,36,40H,2-5,7,12,19-20H2,1H3,(H,37,41)(H,39,42). The predicted molar refractivity (Wildman–Crippen MR) is 162 cm³/mol. The molecule has 0 saturated heterocycles. The number of hydrogen-bond acceptors (Lipinski definition) is 8. The highest BCUT2D eigenvalue weighted by molar-refractivity contribution is 6.01. The van der Waals surface area contributed by atoms with Gasteiger partial charge in [0.2, 0.25) is 5.89 Å². The van der Waals surface area contributed by atoms with Crippen LogP contribution in [0.5, 0.6) is 5.75 Å². The molecule has 1 aliphatic rings. The molecule has 4 aromatic rings. The van der Waals surface area contributed by atoms with E-state index in [2.05, 4.69) is 32.8 Å². The summed E-state index contributed by atoms with van der Waals surface area (Å²) in [6.07, 6.45) is 7.68. The van der Waals surface area contributed by atoms with Crippen molar-refractivity contribution < 1.29 is 28.2 Å². The minimum absolute atomic E-state index is 0.127. The van der Waals surface area contributed by atoms with Gasteiger partial charge in [-0.15, -0.1) is 0 Å². The number of benzene rings is 2. The Balaban J connectivity index is 1.43. The van der Waals surface area contributed by atoms with Gasteiger partial charge < -0.3 is 30.2 Å². The van der Waals surface area contributed by atoms with E-state index >= 15 is 0 Å². The average molecular weight is 602 g/mol. The van der Waals surface area contributed by atoms with E-state index in [4.69, 9.17) is 9.15 Å². The van der Waals surface area contributed by atoms with E-state index in [1.807, 2.05) is 12.3 Å². The lowest BCUT2D eigenvalue weighted by Crippen LogP contribution is -2.48. The van der Waals surface area contributed by atoms with Crippen LogP contribution in [0.1, 0.15) is 57.2 Å². The second-order valence-electron chi connectivity index (χ2n) is 10.8. The molecule has 0 saturated carbocycles. The fraction of sp³-hybridized carbons (Fsp3) is 0.333. The molecule has 4 bridgehead atoms. The Labute approximate surface area is 255 Å². The molecule has 2 amide bonds. The minimum Gasteiger partial charge on any atom is -0.493 e. The molecule has 2 aromatic heterocycles. The smallest absolute Gasteiger partial charge is 0.251 e. The van der Waals surface area contributed by atoms with Crippen LogP contribution in [0, 0.1) is 5.82 Å². The fourth-order valence-electron chi connectivity index (χ4n) is 5.05. The first-order valence-electron chi connectivity index (χ1n) is 14.8. The molecule has 10 nitrogen and oxygen atoms in total. The molecule has 2 unspecified atom stereocenters. The molecule has 1 aliphatic heterocycles. The third-order valence-corrected chi connectivity index (χ3v) is 7.37. The molecule has 3 heterocycles. The van der Waals surface area contributed by atoms with Gasteiger partial charge in [0.05, 0.1) is 24.9 Å². The molecule has 11 heteroatoms. The second kappa shape index (κ2) is 14.7. The third-order valence-electron chi connectivity index (χ3n) is 7.37. The van der Waals surface area contributed by atoms with E-state index in [1.165, 1.54) is 30.7 Å². The molecule has 2 aromatic carbocycles. The maximum Gasteiger partial charge on any atom is 0.251 e. The van der Waals surface area contributed by atoms with E-state index < -0.39 is 23.9 Å². The highest BCUT2D eigenvalue weighted by atomic mass is 19.1. The molecule has 44 heavy (non-hydrogen) atoms. The van der Waals surface area contributed by atoms with Crippen molar-refractivity contribution in [2.24, 2.45) is 0 Å². The first kappa shape index (κ1) is 30.8. The van der Waals surface area contributed by atoms with Crippen LogP contribution in [0.4, 0.5) is 4.39 Å². The van der Waals surface area contributed by atoms with Gasteiger partial charge in [0.1, 0.15) is 17.8 Å². The Hall–Kier alpha value is -4.61. The quantitative estimate of drug-likeness (QED) is 0.251. The van der Waals surface area contributed by atoms with Gasteiger partial charge in [0.15, 0.2) is 0 Å². The van der Waals surface area contributed by atoms with Crippen molar-refractivity contribution in [2.45, 2.75) is 51.3 Å². The number of aromatic nitrogens is 2. The van der Waals surface area contributed by atoms with Crippen LogP contribution < -0.4 is 20.7 Å². The minimum atomic E-state index is -1.05. The van der Waals surface area contributed by atoms with Gasteiger partial charge in [0, 0.05) is 54.8 Å². The van der Waals surface area contributed by atoms with Crippen molar-refractivity contribution in [2.75, 3.05) is 19.7 Å². The van der Waals surface area contributed by atoms with Crippen molar-refractivity contribution in [1.82, 2.24) is 25.9 Å². The predicted octanol–water partition coefficient (Wildman–Crippen LogP) is 3.83. The lowest BCUT2D eigenvalue weighted by molar-refractivity contribution is 0.0830. The van der Waals surface area contributed by atoms with Gasteiger partial charge in [-0.05, 0) is 72.7 Å². The lowest BCUT2D eigenvalue weighted by atomic mass is 9.99. The molecular formula is C33H36FN5O5. The number of halogens is 1. The summed E-state index contributed by atoms with van der Waals surface area (Å²) >= 11 is 0. The van der Waals surface area contributed by atoms with Crippen LogP contribution in [0.25, 0.3) is 11.5 Å². The van der Waals surface area contributed by atoms with Crippen LogP contribution in [0.15, 0.2) is 71.7 Å². The number of oxazole rings is 1. The van der Waals surface area contributed by atoms with Crippen LogP contribution in [0.2, 0.25) is 0 Å². The number of amides is 2. The number of nitrogens with zero attached hydrogens (tertiary/aromatic N) is 2. The van der Waals surface area contributed by atoms with Crippen LogP contribution in [-0.4, -0.2) is 58.7 Å². The van der Waals surface area contributed by atoms with E-state index in [0.717, 1.165) is 17.5 Å². The van der Waals surface area contributed by atoms with E-state index in [0.29, 0.717) is 49.4 Å². The Bertz CT molecular complexity index is 1580. The Morgan fingerprint density at radius 2 is 1.82 bits per heavy atom. The van der Waals surface area contributed by atoms with Crippen molar-refractivity contribution in [3.63, 3.8) is 0 Å². The summed E-state index contributed by atoms with van der Waals surface area (Å²) in [4.78, 5) is 35.2. The van der Waals surface area contributed by atoms with Crippen LogP contribution >= 0.6 is 0 Å². The maximum absolute atomic E-state index is 14.6. The first-order chi connectivity index (χ1) is 21.4. The second-order valence-corrected chi connectivity index (χ2v) is 10.8. The summed E-state index contributed by atoms with van der Waals surface area (Å²) in [5, 5.41) is 20.3. The van der Waals surface area contributed by atoms with Gasteiger partial charge in [-0.1, -0.05) is 13.0 Å². The number of carbonyl (C=O) groups is 2. The van der Waals surface area contributed by atoms with E-state index in [1.54, 1.807) is 24.4 Å². The van der Waals surface area contributed by atoms with Crippen molar-refractivity contribution >= 4 is 11.8 Å². The van der Waals surface area contributed by atoms with Crippen LogP contribution in [-0.2, 0) is 19.4 Å². The zero-order chi connectivity index (χ0) is 30.9. The zero-order valence-electron chi connectivity index (χ0n) is 24.5. The normalized spacial score (nSPS) is 16.8. The Morgan fingerprint density at radius 1 is 1.02 bits per heavy atom. The molecule has 0 spiro atoms. The zero-order valence-corrected chi connectivity index (χ0v) is 24.5. The number of nitrogens with one attached hydrogen (secondary N) is 3. The highest BCUT2D eigenvalue weighted by Crippen LogP contribution is 2.23. The number of ether oxygens (including phenoxy) is 1. The molecule has 0 radical (unpaired) electrons. The summed E-state index contributed by atoms with van der Waals surface area (Å²) < 4.78 is 25.8. The number of carbonyl (C=O) groups excluding carboxylic acids is 2. The molecule has 230 valence electrons. The van der Waals surface area contributed by atoms with Crippen molar-refractivity contribution in [3.05, 3.63) is 101 Å². The number of aryl methyl sites for hydroxylation is 1. The summed E-state index contributed by atoms with van der Waals surface area (Å²) in [5.74, 6) is -0.739. The summed E-state index contributed by atoms with van der Waals surface area (Å²) in [5.41, 5.74) is 3.54. The number of aliphatic hydroxyl groups is 1. The number of aliphatic hydroxyl groups excluding tert-OH is 1. The molecule has 4 N–H and O–H groups in total. The van der Waals surface area contributed by atoms with Gasteiger partial charge in [-0.2, -0.15) is 0 Å². The van der Waals surface area contributed by atoms with Crippen LogP contribution in [0.3, 0.4) is 0 Å². The highest BCUT2D eigenvalue weighted by Gasteiger charge is 2.25. The Kier molecular flexibility index (Phi) is 10.3. The van der Waals surface area contributed by atoms with Gasteiger partial charge >= 0.3 is 0 Å². The SMILES string of the molecule is CCc1cncc(CNCC(O)C2Cc3cc(F)cc(c3)OCCCCNC(=O)c3cc(cc(-c4ncco4)c3)C(=O)N2)c1. The number of fused-ring (bicyclic) bond motifs is 4. The van der Waals surface area contributed by atoms with E-state index in [9.17, 15) is 19.1 Å². The van der Waals surface area contributed by atoms with Crippen molar-refractivity contribution in [1.29, 1.82) is 0 Å². The molecule has 2 atom stereocenters. The van der Waals surface area contributed by atoms with E-state index in [-0.39, 0.29) is 35.9 Å². The Morgan fingerprint density at radius 3 is 2.61 bits per heavy atom. The lowest BCUT2D eigenvalue weighted by Gasteiger charge is -2.25. The average Bonchev–Trinajstić information content (AvgIpc) is 3.57. The molecule has 5 rings (SSSR count). The van der Waals surface area contributed by atoms with Gasteiger partial charge in [-0.25, -0.2) is 9.37 Å². The summed E-state index contributed by atoms with van der Waals surface area (Å²) in [6.45, 7) is 3.39.